The van der Waals surface area contributed by atoms with E-state index in [4.69, 9.17) is 4.74 Å². The minimum absolute atomic E-state index is 0.0277. The van der Waals surface area contributed by atoms with E-state index >= 15 is 0 Å². The molecular weight excluding hydrogens is 424 g/mol. The lowest BCUT2D eigenvalue weighted by atomic mass is 10.2. The number of ether oxygens (including phenoxy) is 1. The maximum absolute atomic E-state index is 12.2. The largest absolute Gasteiger partial charge is 0.504 e. The summed E-state index contributed by atoms with van der Waals surface area (Å²) in [4.78, 5) is 32.8. The average Bonchev–Trinajstić information content (AvgIpc) is 3.23. The van der Waals surface area contributed by atoms with Crippen molar-refractivity contribution >= 4 is 23.5 Å². The van der Waals surface area contributed by atoms with Crippen LogP contribution in [0.25, 0.3) is 0 Å². The standard InChI is InChI=1S/C19H16N6O7/c1-32-17-9-15(25(30)31)8-13(18(17)26)10-20-21-19(27)16-6-7-23(22-16)11-12-2-4-14(5-3-12)24(28)29/h2-10,26H,11H2,1H3,(H,21,27)/b20-10+. The topological polar surface area (TPSA) is 175 Å². The second-order valence-electron chi connectivity index (χ2n) is 6.36. The van der Waals surface area contributed by atoms with Crippen LogP contribution in [0.2, 0.25) is 0 Å². The summed E-state index contributed by atoms with van der Waals surface area (Å²) in [7, 11) is 1.24. The number of hydrogen-bond acceptors (Lipinski definition) is 9. The number of aromatic hydroxyl groups is 1. The van der Waals surface area contributed by atoms with Gasteiger partial charge in [-0.25, -0.2) is 5.43 Å². The van der Waals surface area contributed by atoms with Crippen LogP contribution in [0.1, 0.15) is 21.6 Å². The Morgan fingerprint density at radius 1 is 1.19 bits per heavy atom. The molecule has 1 amide bonds. The molecule has 0 aliphatic carbocycles. The average molecular weight is 440 g/mol. The highest BCUT2D eigenvalue weighted by atomic mass is 16.6. The molecule has 0 spiro atoms. The highest BCUT2D eigenvalue weighted by molar-refractivity contribution is 5.93. The Morgan fingerprint density at radius 3 is 2.50 bits per heavy atom. The number of non-ortho nitro benzene ring substituents is 2. The number of phenolic OH excluding ortho intramolecular Hbond substituents is 1. The molecule has 0 unspecified atom stereocenters. The second kappa shape index (κ2) is 9.34. The van der Waals surface area contributed by atoms with E-state index < -0.39 is 15.8 Å². The number of rotatable bonds is 8. The number of hydrazone groups is 1. The van der Waals surface area contributed by atoms with Gasteiger partial charge in [-0.2, -0.15) is 10.2 Å². The van der Waals surface area contributed by atoms with Crippen molar-refractivity contribution in [1.82, 2.24) is 15.2 Å². The number of nitrogens with one attached hydrogen (secondary N) is 1. The zero-order chi connectivity index (χ0) is 23.3. The SMILES string of the molecule is COc1cc([N+](=O)[O-])cc(/C=N/NC(=O)c2ccn(Cc3ccc([N+](=O)[O-])cc3)n2)c1O. The second-order valence-corrected chi connectivity index (χ2v) is 6.36. The molecular formula is C19H16N6O7. The molecule has 0 aliphatic heterocycles. The monoisotopic (exact) mass is 440 g/mol. The normalized spacial score (nSPS) is 10.8. The van der Waals surface area contributed by atoms with Gasteiger partial charge in [0.15, 0.2) is 17.2 Å². The lowest BCUT2D eigenvalue weighted by molar-refractivity contribution is -0.385. The summed E-state index contributed by atoms with van der Waals surface area (Å²) in [5.41, 5.74) is 2.63. The smallest absolute Gasteiger partial charge is 0.291 e. The van der Waals surface area contributed by atoms with Gasteiger partial charge in [0.25, 0.3) is 17.3 Å². The Hall–Kier alpha value is -4.81. The Labute approximate surface area is 179 Å². The molecule has 3 aromatic rings. The molecule has 32 heavy (non-hydrogen) atoms. The van der Waals surface area contributed by atoms with E-state index in [1.165, 1.54) is 30.0 Å². The van der Waals surface area contributed by atoms with Gasteiger partial charge < -0.3 is 9.84 Å². The highest BCUT2D eigenvalue weighted by Gasteiger charge is 2.16. The van der Waals surface area contributed by atoms with Crippen LogP contribution >= 0.6 is 0 Å². The molecule has 0 atom stereocenters. The molecule has 0 fully saturated rings. The number of phenols is 1. The maximum atomic E-state index is 12.2. The van der Waals surface area contributed by atoms with Crippen LogP contribution in [0, 0.1) is 20.2 Å². The third-order valence-electron chi connectivity index (χ3n) is 4.25. The van der Waals surface area contributed by atoms with Crippen LogP contribution in [0.3, 0.4) is 0 Å². The summed E-state index contributed by atoms with van der Waals surface area (Å²) in [5.74, 6) is -1.14. The Morgan fingerprint density at radius 2 is 1.88 bits per heavy atom. The molecule has 0 aliphatic rings. The highest BCUT2D eigenvalue weighted by Crippen LogP contribution is 2.33. The van der Waals surface area contributed by atoms with E-state index in [9.17, 15) is 30.1 Å². The predicted molar refractivity (Wildman–Crippen MR) is 111 cm³/mol. The maximum Gasteiger partial charge on any atom is 0.291 e. The van der Waals surface area contributed by atoms with Gasteiger partial charge in [-0.1, -0.05) is 12.1 Å². The number of nitrogens with zero attached hydrogens (tertiary/aromatic N) is 5. The number of hydrogen-bond donors (Lipinski definition) is 2. The summed E-state index contributed by atoms with van der Waals surface area (Å²) in [6, 6.07) is 9.51. The van der Waals surface area contributed by atoms with E-state index in [2.05, 4.69) is 15.6 Å². The van der Waals surface area contributed by atoms with Gasteiger partial charge in [0.2, 0.25) is 0 Å². The molecule has 13 heteroatoms. The van der Waals surface area contributed by atoms with Crippen LogP contribution in [0.4, 0.5) is 11.4 Å². The molecule has 0 saturated heterocycles. The number of carbonyl (C=O) groups is 1. The van der Waals surface area contributed by atoms with E-state index in [1.807, 2.05) is 0 Å². The number of benzene rings is 2. The van der Waals surface area contributed by atoms with E-state index in [1.54, 1.807) is 18.3 Å². The predicted octanol–water partition coefficient (Wildman–Crippen LogP) is 2.23. The number of aromatic nitrogens is 2. The van der Waals surface area contributed by atoms with Crippen molar-refractivity contribution in [3.8, 4) is 11.5 Å². The van der Waals surface area contributed by atoms with Gasteiger partial charge in [0.05, 0.1) is 35.8 Å². The van der Waals surface area contributed by atoms with Crippen molar-refractivity contribution < 1.29 is 24.5 Å². The Kier molecular flexibility index (Phi) is 6.39. The third-order valence-corrected chi connectivity index (χ3v) is 4.25. The summed E-state index contributed by atoms with van der Waals surface area (Å²) >= 11 is 0. The van der Waals surface area contributed by atoms with E-state index in [-0.39, 0.29) is 40.7 Å². The van der Waals surface area contributed by atoms with Crippen molar-refractivity contribution in [3.63, 3.8) is 0 Å². The molecule has 1 heterocycles. The van der Waals surface area contributed by atoms with Crippen LogP contribution in [-0.2, 0) is 6.54 Å². The Bertz CT molecular complexity index is 1200. The molecule has 13 nitrogen and oxygen atoms in total. The van der Waals surface area contributed by atoms with Gasteiger partial charge in [-0.3, -0.25) is 29.7 Å². The quantitative estimate of drug-likeness (QED) is 0.304. The van der Waals surface area contributed by atoms with Gasteiger partial charge in [-0.05, 0) is 11.6 Å². The zero-order valence-electron chi connectivity index (χ0n) is 16.5. The number of nitro groups is 2. The first-order valence-electron chi connectivity index (χ1n) is 8.94. The molecule has 164 valence electrons. The molecule has 0 bridgehead atoms. The number of methoxy groups -OCH3 is 1. The first-order chi connectivity index (χ1) is 15.3. The van der Waals surface area contributed by atoms with Gasteiger partial charge in [0.1, 0.15) is 0 Å². The van der Waals surface area contributed by atoms with Crippen molar-refractivity contribution in [2.75, 3.05) is 7.11 Å². The first kappa shape index (κ1) is 21.9. The molecule has 2 N–H and O–H groups in total. The fourth-order valence-corrected chi connectivity index (χ4v) is 2.67. The van der Waals surface area contributed by atoms with Crippen LogP contribution in [0.15, 0.2) is 53.8 Å². The lowest BCUT2D eigenvalue weighted by Gasteiger charge is -2.05. The van der Waals surface area contributed by atoms with Crippen molar-refractivity contribution in [2.24, 2.45) is 5.10 Å². The molecule has 2 aromatic carbocycles. The molecule has 0 saturated carbocycles. The first-order valence-corrected chi connectivity index (χ1v) is 8.94. The summed E-state index contributed by atoms with van der Waals surface area (Å²) in [6.07, 6.45) is 2.59. The van der Waals surface area contributed by atoms with Gasteiger partial charge in [-0.15, -0.1) is 0 Å². The molecule has 1 aromatic heterocycles. The fourth-order valence-electron chi connectivity index (χ4n) is 2.67. The Balaban J connectivity index is 1.66. The number of carbonyl (C=O) groups excluding carboxylic acids is 1. The summed E-state index contributed by atoms with van der Waals surface area (Å²) < 4.78 is 6.36. The van der Waals surface area contributed by atoms with Crippen molar-refractivity contribution in [2.45, 2.75) is 6.54 Å². The molecule has 3 rings (SSSR count). The summed E-state index contributed by atoms with van der Waals surface area (Å²) in [6.45, 7) is 0.288. The molecule has 0 radical (unpaired) electrons. The minimum atomic E-state index is -0.657. The van der Waals surface area contributed by atoms with E-state index in [0.29, 0.717) is 0 Å². The third kappa shape index (κ3) is 5.02. The van der Waals surface area contributed by atoms with Crippen molar-refractivity contribution in [1.29, 1.82) is 0 Å². The van der Waals surface area contributed by atoms with Gasteiger partial charge in [0, 0.05) is 30.0 Å². The van der Waals surface area contributed by atoms with Crippen LogP contribution < -0.4 is 10.2 Å². The minimum Gasteiger partial charge on any atom is -0.504 e. The number of nitro benzene ring substituents is 2. The van der Waals surface area contributed by atoms with Crippen LogP contribution in [0.5, 0.6) is 11.5 Å². The fraction of sp³-hybridized carbons (Fsp3) is 0.105. The zero-order valence-corrected chi connectivity index (χ0v) is 16.5. The van der Waals surface area contributed by atoms with Gasteiger partial charge >= 0.3 is 0 Å². The van der Waals surface area contributed by atoms with E-state index in [0.717, 1.165) is 23.9 Å². The number of amides is 1. The van der Waals surface area contributed by atoms with Crippen molar-refractivity contribution in [3.05, 3.63) is 85.7 Å². The summed E-state index contributed by atoms with van der Waals surface area (Å²) in [5, 5.41) is 39.6. The lowest BCUT2D eigenvalue weighted by Crippen LogP contribution is -2.18. The van der Waals surface area contributed by atoms with Crippen LogP contribution in [-0.4, -0.2) is 44.0 Å².